The Balaban J connectivity index is 1.68. The van der Waals surface area contributed by atoms with Crippen molar-refractivity contribution in [2.45, 2.75) is 37.3 Å². The highest BCUT2D eigenvalue weighted by molar-refractivity contribution is 5.77. The van der Waals surface area contributed by atoms with E-state index >= 15 is 0 Å². The molecule has 118 valence electrons. The molecule has 1 aromatic rings. The number of benzene rings is 1. The molecular formula is C18H25N3O. The number of carbonyl (C=O) groups excluding carboxylic acids is 1. The highest BCUT2D eigenvalue weighted by Crippen LogP contribution is 2.46. The Morgan fingerprint density at radius 3 is 2.55 bits per heavy atom. The van der Waals surface area contributed by atoms with Crippen LogP contribution in [0.15, 0.2) is 30.3 Å². The number of rotatable bonds is 3. The molecule has 5 rings (SSSR count). The summed E-state index contributed by atoms with van der Waals surface area (Å²) < 4.78 is 0. The first kappa shape index (κ1) is 14.2. The molecule has 1 amide bonds. The summed E-state index contributed by atoms with van der Waals surface area (Å²) in [6.07, 6.45) is 2.97. The van der Waals surface area contributed by atoms with E-state index in [9.17, 15) is 4.79 Å². The van der Waals surface area contributed by atoms with Gasteiger partial charge < -0.3 is 10.6 Å². The first-order valence-electron chi connectivity index (χ1n) is 8.58. The lowest BCUT2D eigenvalue weighted by molar-refractivity contribution is -0.135. The second-order valence-electron chi connectivity index (χ2n) is 6.96. The minimum absolute atomic E-state index is 0.254. The van der Waals surface area contributed by atoms with Gasteiger partial charge in [-0.3, -0.25) is 9.69 Å². The standard InChI is InChI=1S/C18H25N3O/c19-9-6-16(22)21-12-15(13-4-2-1-3-5-13)18-17(21)14-7-10-20(18)11-8-14/h1-5,14-15,17-18H,6-12,19H2/t15-,17-,18-/m1/s1. The lowest BCUT2D eigenvalue weighted by Crippen LogP contribution is -2.60. The molecule has 1 aromatic carbocycles. The van der Waals surface area contributed by atoms with E-state index in [-0.39, 0.29) is 5.91 Å². The quantitative estimate of drug-likeness (QED) is 0.918. The van der Waals surface area contributed by atoms with Gasteiger partial charge in [-0.2, -0.15) is 0 Å². The third-order valence-electron chi connectivity index (χ3n) is 5.90. The maximum atomic E-state index is 12.6. The summed E-state index contributed by atoms with van der Waals surface area (Å²) in [7, 11) is 0. The van der Waals surface area contributed by atoms with Gasteiger partial charge >= 0.3 is 0 Å². The van der Waals surface area contributed by atoms with Crippen molar-refractivity contribution in [1.29, 1.82) is 0 Å². The van der Waals surface area contributed by atoms with E-state index < -0.39 is 0 Å². The topological polar surface area (TPSA) is 49.6 Å². The van der Waals surface area contributed by atoms with Crippen LogP contribution < -0.4 is 5.73 Å². The third-order valence-corrected chi connectivity index (χ3v) is 5.90. The SMILES string of the molecule is NCCC(=O)N1C[C@H](c2ccccc2)[C@@H]2[C@H]1C1CCN2CC1. The fraction of sp³-hybridized carbons (Fsp3) is 0.611. The van der Waals surface area contributed by atoms with E-state index in [4.69, 9.17) is 5.73 Å². The predicted octanol–water partition coefficient (Wildman–Crippen LogP) is 1.42. The van der Waals surface area contributed by atoms with E-state index in [1.165, 1.54) is 31.5 Å². The normalized spacial score (nSPS) is 36.4. The summed E-state index contributed by atoms with van der Waals surface area (Å²) >= 11 is 0. The maximum absolute atomic E-state index is 12.6. The van der Waals surface area contributed by atoms with Crippen LogP contribution in [-0.4, -0.2) is 54.0 Å². The second-order valence-corrected chi connectivity index (χ2v) is 6.96. The van der Waals surface area contributed by atoms with E-state index in [0.29, 0.717) is 36.9 Å². The van der Waals surface area contributed by atoms with Crippen molar-refractivity contribution < 1.29 is 4.79 Å². The van der Waals surface area contributed by atoms with Crippen molar-refractivity contribution in [3.05, 3.63) is 35.9 Å². The molecule has 0 saturated carbocycles. The monoisotopic (exact) mass is 299 g/mol. The fourth-order valence-electron chi connectivity index (χ4n) is 4.96. The number of nitrogens with two attached hydrogens (primary N) is 1. The summed E-state index contributed by atoms with van der Waals surface area (Å²) in [6, 6.07) is 11.7. The molecule has 4 fully saturated rings. The lowest BCUT2D eigenvalue weighted by Gasteiger charge is -2.51. The van der Waals surface area contributed by atoms with Crippen molar-refractivity contribution in [2.75, 3.05) is 26.2 Å². The molecule has 22 heavy (non-hydrogen) atoms. The molecule has 2 bridgehead atoms. The Labute approximate surface area is 132 Å². The Morgan fingerprint density at radius 2 is 1.86 bits per heavy atom. The number of hydrogen-bond donors (Lipinski definition) is 1. The minimum Gasteiger partial charge on any atom is -0.337 e. The average molecular weight is 299 g/mol. The summed E-state index contributed by atoms with van der Waals surface area (Å²) in [4.78, 5) is 17.4. The van der Waals surface area contributed by atoms with Gasteiger partial charge in [0, 0.05) is 31.5 Å². The number of fused-ring (bicyclic) bond motifs is 2. The van der Waals surface area contributed by atoms with Gasteiger partial charge in [0.15, 0.2) is 0 Å². The van der Waals surface area contributed by atoms with E-state index in [0.717, 1.165) is 6.54 Å². The zero-order valence-corrected chi connectivity index (χ0v) is 13.0. The Morgan fingerprint density at radius 1 is 1.14 bits per heavy atom. The Kier molecular flexibility index (Phi) is 3.66. The van der Waals surface area contributed by atoms with Crippen molar-refractivity contribution in [3.63, 3.8) is 0 Å². The molecule has 0 radical (unpaired) electrons. The van der Waals surface area contributed by atoms with E-state index in [1.807, 2.05) is 0 Å². The summed E-state index contributed by atoms with van der Waals surface area (Å²) in [5.41, 5.74) is 7.01. The second kappa shape index (κ2) is 5.67. The lowest BCUT2D eigenvalue weighted by atomic mass is 9.75. The number of hydrogen-bond acceptors (Lipinski definition) is 3. The highest BCUT2D eigenvalue weighted by Gasteiger charge is 2.54. The molecule has 0 spiro atoms. The van der Waals surface area contributed by atoms with E-state index in [1.54, 1.807) is 0 Å². The molecule has 4 nitrogen and oxygen atoms in total. The predicted molar refractivity (Wildman–Crippen MR) is 86.4 cm³/mol. The first-order valence-corrected chi connectivity index (χ1v) is 8.58. The maximum Gasteiger partial charge on any atom is 0.224 e. The molecule has 0 aliphatic carbocycles. The first-order chi connectivity index (χ1) is 10.8. The molecule has 0 aromatic heterocycles. The summed E-state index contributed by atoms with van der Waals surface area (Å²) in [5.74, 6) is 1.39. The van der Waals surface area contributed by atoms with Crippen molar-refractivity contribution >= 4 is 5.91 Å². The van der Waals surface area contributed by atoms with Crippen molar-refractivity contribution in [2.24, 2.45) is 11.7 Å². The number of piperidine rings is 3. The summed E-state index contributed by atoms with van der Waals surface area (Å²) in [5, 5.41) is 0. The smallest absolute Gasteiger partial charge is 0.224 e. The van der Waals surface area contributed by atoms with Gasteiger partial charge in [0.1, 0.15) is 0 Å². The van der Waals surface area contributed by atoms with Crippen LogP contribution in [0.2, 0.25) is 0 Å². The molecule has 3 atom stereocenters. The van der Waals surface area contributed by atoms with Gasteiger partial charge in [0.05, 0.1) is 6.04 Å². The van der Waals surface area contributed by atoms with Crippen LogP contribution in [0.5, 0.6) is 0 Å². The molecule has 4 aliphatic rings. The van der Waals surface area contributed by atoms with Gasteiger partial charge in [-0.05, 0) is 37.4 Å². The van der Waals surface area contributed by atoms with Crippen LogP contribution >= 0.6 is 0 Å². The molecule has 2 N–H and O–H groups in total. The van der Waals surface area contributed by atoms with Crippen LogP contribution in [0.25, 0.3) is 0 Å². The molecule has 0 unspecified atom stereocenters. The van der Waals surface area contributed by atoms with Crippen molar-refractivity contribution in [3.8, 4) is 0 Å². The average Bonchev–Trinajstić information content (AvgIpc) is 3.00. The van der Waals surface area contributed by atoms with Gasteiger partial charge in [-0.1, -0.05) is 30.3 Å². The van der Waals surface area contributed by atoms with Gasteiger partial charge in [0.25, 0.3) is 0 Å². The molecule has 4 aliphatic heterocycles. The minimum atomic E-state index is 0.254. The van der Waals surface area contributed by atoms with Crippen LogP contribution in [0, 0.1) is 5.92 Å². The highest BCUT2D eigenvalue weighted by atomic mass is 16.2. The fourth-order valence-corrected chi connectivity index (χ4v) is 4.96. The molecule has 4 heteroatoms. The Bertz CT molecular complexity index is 539. The number of nitrogens with zero attached hydrogens (tertiary/aromatic N) is 2. The van der Waals surface area contributed by atoms with Gasteiger partial charge in [-0.15, -0.1) is 0 Å². The summed E-state index contributed by atoms with van der Waals surface area (Å²) in [6.45, 7) is 3.73. The molecular weight excluding hydrogens is 274 g/mol. The molecule has 4 heterocycles. The van der Waals surface area contributed by atoms with Crippen molar-refractivity contribution in [1.82, 2.24) is 9.80 Å². The molecule has 4 saturated heterocycles. The Hall–Kier alpha value is -1.39. The zero-order chi connectivity index (χ0) is 15.1. The van der Waals surface area contributed by atoms with E-state index in [2.05, 4.69) is 40.1 Å². The largest absolute Gasteiger partial charge is 0.337 e. The van der Waals surface area contributed by atoms with Crippen LogP contribution in [-0.2, 0) is 4.79 Å². The van der Waals surface area contributed by atoms with Crippen LogP contribution in [0.1, 0.15) is 30.7 Å². The zero-order valence-electron chi connectivity index (χ0n) is 13.0. The van der Waals surface area contributed by atoms with Gasteiger partial charge in [0.2, 0.25) is 5.91 Å². The van der Waals surface area contributed by atoms with Crippen LogP contribution in [0.4, 0.5) is 0 Å². The van der Waals surface area contributed by atoms with Crippen LogP contribution in [0.3, 0.4) is 0 Å². The number of amides is 1. The van der Waals surface area contributed by atoms with Gasteiger partial charge in [-0.25, -0.2) is 0 Å². The number of likely N-dealkylation sites (tertiary alicyclic amines) is 1. The number of carbonyl (C=O) groups is 1. The third kappa shape index (κ3) is 2.17.